The van der Waals surface area contributed by atoms with Crippen LogP contribution in [0.4, 0.5) is 4.39 Å². The molecule has 0 spiro atoms. The fraction of sp³-hybridized carbons (Fsp3) is 0. The predicted molar refractivity (Wildman–Crippen MR) is 52.5 cm³/mol. The molecule has 2 aromatic rings. The van der Waals surface area contributed by atoms with Crippen LogP contribution in [0.2, 0.25) is 4.34 Å². The molecule has 4 heteroatoms. The summed E-state index contributed by atoms with van der Waals surface area (Å²) in [7, 11) is 0. The van der Waals surface area contributed by atoms with Crippen molar-refractivity contribution in [1.29, 1.82) is 0 Å². The second-order valence-corrected chi connectivity index (χ2v) is 3.93. The molecule has 2 rings (SSSR count). The molecule has 0 saturated carbocycles. The van der Waals surface area contributed by atoms with E-state index >= 15 is 0 Å². The van der Waals surface area contributed by atoms with Gasteiger partial charge in [0.1, 0.15) is 10.2 Å². The maximum Gasteiger partial charge on any atom is 0.132 e. The first-order chi connectivity index (χ1) is 6.27. The highest BCUT2D eigenvalue weighted by Gasteiger charge is 2.06. The van der Waals surface area contributed by atoms with Crippen molar-refractivity contribution >= 4 is 23.1 Å². The van der Waals surface area contributed by atoms with Gasteiger partial charge in [0.15, 0.2) is 0 Å². The third kappa shape index (κ3) is 1.71. The summed E-state index contributed by atoms with van der Waals surface area (Å²) in [6.07, 6.45) is 0. The topological polar surface area (TPSA) is 12.9 Å². The van der Waals surface area contributed by atoms with E-state index in [1.54, 1.807) is 24.3 Å². The van der Waals surface area contributed by atoms with Crippen molar-refractivity contribution in [3.8, 4) is 11.3 Å². The molecule has 13 heavy (non-hydrogen) atoms. The lowest BCUT2D eigenvalue weighted by molar-refractivity contribution is 0.631. The third-order valence-electron chi connectivity index (χ3n) is 1.63. The Balaban J connectivity index is 2.52. The first kappa shape index (κ1) is 8.66. The highest BCUT2D eigenvalue weighted by atomic mass is 35.5. The molecule has 1 nitrogen and oxygen atoms in total. The van der Waals surface area contributed by atoms with Gasteiger partial charge < -0.3 is 0 Å². The van der Waals surface area contributed by atoms with Gasteiger partial charge in [0.25, 0.3) is 0 Å². The molecule has 0 radical (unpaired) electrons. The van der Waals surface area contributed by atoms with Gasteiger partial charge >= 0.3 is 0 Å². The lowest BCUT2D eigenvalue weighted by atomic mass is 10.1. The SMILES string of the molecule is Fc1ccccc1-c1cc(Cl)sn1. The van der Waals surface area contributed by atoms with Crippen molar-refractivity contribution in [2.45, 2.75) is 0 Å². The molecule has 0 N–H and O–H groups in total. The minimum atomic E-state index is -0.274. The lowest BCUT2D eigenvalue weighted by Gasteiger charge is -1.96. The minimum absolute atomic E-state index is 0.274. The Morgan fingerprint density at radius 3 is 2.69 bits per heavy atom. The van der Waals surface area contributed by atoms with Crippen molar-refractivity contribution in [1.82, 2.24) is 4.37 Å². The zero-order chi connectivity index (χ0) is 9.26. The fourth-order valence-corrected chi connectivity index (χ4v) is 1.76. The number of halogens is 2. The average Bonchev–Trinajstić information content (AvgIpc) is 2.53. The van der Waals surface area contributed by atoms with Gasteiger partial charge in [0.2, 0.25) is 0 Å². The lowest BCUT2D eigenvalue weighted by Crippen LogP contribution is -1.81. The molecular formula is C9H5ClFNS. The van der Waals surface area contributed by atoms with Crippen LogP contribution in [0.15, 0.2) is 30.3 Å². The Labute approximate surface area is 84.0 Å². The van der Waals surface area contributed by atoms with E-state index in [0.717, 1.165) is 11.5 Å². The van der Waals surface area contributed by atoms with Crippen LogP contribution in [0.1, 0.15) is 0 Å². The molecule has 1 aromatic carbocycles. The number of rotatable bonds is 1. The molecule has 66 valence electrons. The first-order valence-electron chi connectivity index (χ1n) is 3.64. The van der Waals surface area contributed by atoms with Gasteiger partial charge in [-0.1, -0.05) is 23.7 Å². The van der Waals surface area contributed by atoms with E-state index in [1.165, 1.54) is 6.07 Å². The van der Waals surface area contributed by atoms with E-state index in [1.807, 2.05) is 0 Å². The van der Waals surface area contributed by atoms with E-state index in [0.29, 0.717) is 15.6 Å². The predicted octanol–water partition coefficient (Wildman–Crippen LogP) is 3.60. The molecule has 0 saturated heterocycles. The molecule has 1 aromatic heterocycles. The normalized spacial score (nSPS) is 10.3. The molecule has 0 fully saturated rings. The van der Waals surface area contributed by atoms with Gasteiger partial charge in [-0.05, 0) is 29.7 Å². The Kier molecular flexibility index (Phi) is 2.29. The minimum Gasteiger partial charge on any atom is -0.206 e. The number of aromatic nitrogens is 1. The molecule has 0 amide bonds. The monoisotopic (exact) mass is 213 g/mol. The number of nitrogens with zero attached hydrogens (tertiary/aromatic N) is 1. The molecule has 1 heterocycles. The first-order valence-corrected chi connectivity index (χ1v) is 4.79. The summed E-state index contributed by atoms with van der Waals surface area (Å²) >= 11 is 6.85. The van der Waals surface area contributed by atoms with Gasteiger partial charge in [-0.3, -0.25) is 0 Å². The maximum atomic E-state index is 13.2. The van der Waals surface area contributed by atoms with Crippen LogP contribution < -0.4 is 0 Å². The van der Waals surface area contributed by atoms with Gasteiger partial charge in [-0.25, -0.2) is 4.39 Å². The molecule has 0 atom stereocenters. The van der Waals surface area contributed by atoms with E-state index in [-0.39, 0.29) is 5.82 Å². The van der Waals surface area contributed by atoms with Crippen LogP contribution in [0.25, 0.3) is 11.3 Å². The van der Waals surface area contributed by atoms with Gasteiger partial charge in [-0.15, -0.1) is 0 Å². The van der Waals surface area contributed by atoms with Gasteiger partial charge in [0.05, 0.1) is 5.69 Å². The summed E-state index contributed by atoms with van der Waals surface area (Å²) in [6, 6.07) is 8.16. The highest BCUT2D eigenvalue weighted by Crippen LogP contribution is 2.26. The molecule has 0 bridgehead atoms. The fourth-order valence-electron chi connectivity index (χ4n) is 1.05. The smallest absolute Gasteiger partial charge is 0.132 e. The Hall–Kier alpha value is -0.930. The summed E-state index contributed by atoms with van der Waals surface area (Å²) in [4.78, 5) is 0. The summed E-state index contributed by atoms with van der Waals surface area (Å²) in [5.74, 6) is -0.274. The molecular weight excluding hydrogens is 209 g/mol. The number of hydrogen-bond donors (Lipinski definition) is 0. The van der Waals surface area contributed by atoms with Crippen molar-refractivity contribution in [3.63, 3.8) is 0 Å². The molecule has 0 aliphatic rings. The van der Waals surface area contributed by atoms with Crippen LogP contribution in [0.5, 0.6) is 0 Å². The van der Waals surface area contributed by atoms with E-state index < -0.39 is 0 Å². The summed E-state index contributed by atoms with van der Waals surface area (Å²) in [5.41, 5.74) is 1.08. The molecule has 0 aliphatic carbocycles. The largest absolute Gasteiger partial charge is 0.206 e. The summed E-state index contributed by atoms with van der Waals surface area (Å²) in [6.45, 7) is 0. The van der Waals surface area contributed by atoms with Crippen LogP contribution in [0.3, 0.4) is 0 Å². The van der Waals surface area contributed by atoms with Crippen molar-refractivity contribution < 1.29 is 4.39 Å². The van der Waals surface area contributed by atoms with Crippen molar-refractivity contribution in [3.05, 3.63) is 40.5 Å². The highest BCUT2D eigenvalue weighted by molar-refractivity contribution is 7.10. The zero-order valence-corrected chi connectivity index (χ0v) is 8.07. The Morgan fingerprint density at radius 2 is 2.08 bits per heavy atom. The summed E-state index contributed by atoms with van der Waals surface area (Å²) < 4.78 is 17.8. The second kappa shape index (κ2) is 3.44. The Bertz CT molecular complexity index is 427. The van der Waals surface area contributed by atoms with Crippen molar-refractivity contribution in [2.24, 2.45) is 0 Å². The summed E-state index contributed by atoms with van der Waals surface area (Å²) in [5, 5.41) is 0. The van der Waals surface area contributed by atoms with E-state index in [4.69, 9.17) is 11.6 Å². The second-order valence-electron chi connectivity index (χ2n) is 2.50. The van der Waals surface area contributed by atoms with Crippen LogP contribution in [-0.4, -0.2) is 4.37 Å². The van der Waals surface area contributed by atoms with Crippen LogP contribution in [0, 0.1) is 5.82 Å². The number of benzene rings is 1. The molecule has 0 unspecified atom stereocenters. The van der Waals surface area contributed by atoms with Gasteiger partial charge in [0, 0.05) is 5.56 Å². The maximum absolute atomic E-state index is 13.2. The number of hydrogen-bond acceptors (Lipinski definition) is 2. The quantitative estimate of drug-likeness (QED) is 0.705. The van der Waals surface area contributed by atoms with Crippen LogP contribution in [-0.2, 0) is 0 Å². The average molecular weight is 214 g/mol. The Morgan fingerprint density at radius 1 is 1.31 bits per heavy atom. The molecule has 0 aliphatic heterocycles. The van der Waals surface area contributed by atoms with Crippen LogP contribution >= 0.6 is 23.1 Å². The van der Waals surface area contributed by atoms with E-state index in [9.17, 15) is 4.39 Å². The third-order valence-corrected chi connectivity index (χ3v) is 2.53. The van der Waals surface area contributed by atoms with E-state index in [2.05, 4.69) is 4.37 Å². The standard InChI is InChI=1S/C9H5ClFNS/c10-9-5-8(12-13-9)6-3-1-2-4-7(6)11/h1-5H. The van der Waals surface area contributed by atoms with Gasteiger partial charge in [-0.2, -0.15) is 4.37 Å². The zero-order valence-electron chi connectivity index (χ0n) is 6.50. The van der Waals surface area contributed by atoms with Crippen molar-refractivity contribution in [2.75, 3.05) is 0 Å².